The average Bonchev–Trinajstić information content (AvgIpc) is 2.78. The summed E-state index contributed by atoms with van der Waals surface area (Å²) in [5, 5.41) is 7.02. The summed E-state index contributed by atoms with van der Waals surface area (Å²) in [7, 11) is -0.718. The third kappa shape index (κ3) is 3.55. The van der Waals surface area contributed by atoms with E-state index in [0.717, 1.165) is 30.8 Å². The van der Waals surface area contributed by atoms with Crippen LogP contribution in [-0.4, -0.2) is 38.7 Å². The predicted octanol–water partition coefficient (Wildman–Crippen LogP) is 1.33. The third-order valence-electron chi connectivity index (χ3n) is 4.02. The number of nitrogens with one attached hydrogen (secondary N) is 2. The van der Waals surface area contributed by atoms with Gasteiger partial charge in [-0.05, 0) is 32.1 Å². The van der Waals surface area contributed by atoms with Crippen molar-refractivity contribution in [2.75, 3.05) is 22.6 Å². The van der Waals surface area contributed by atoms with Crippen molar-refractivity contribution < 1.29 is 9.00 Å². The summed E-state index contributed by atoms with van der Waals surface area (Å²) in [4.78, 5) is 17.0. The van der Waals surface area contributed by atoms with Crippen LogP contribution in [0.3, 0.4) is 0 Å². The summed E-state index contributed by atoms with van der Waals surface area (Å²) in [6, 6.07) is 0.569. The van der Waals surface area contributed by atoms with E-state index >= 15 is 0 Å². The number of amides is 1. The van der Waals surface area contributed by atoms with Crippen molar-refractivity contribution in [2.24, 2.45) is 0 Å². The van der Waals surface area contributed by atoms with Crippen LogP contribution in [-0.2, 0) is 10.8 Å². The molecule has 4 N–H and O–H groups in total. The van der Waals surface area contributed by atoms with E-state index in [1.807, 2.05) is 0 Å². The molecule has 2 fully saturated rings. The average molecular weight is 328 g/mol. The summed E-state index contributed by atoms with van der Waals surface area (Å²) >= 11 is 1.32. The lowest BCUT2D eigenvalue weighted by atomic mass is 9.93. The second-order valence-corrected chi connectivity index (χ2v) is 8.30. The number of aromatic nitrogens is 1. The number of thiazole rings is 1. The Balaban J connectivity index is 1.59. The fraction of sp³-hybridized carbons (Fsp3) is 0.692. The highest BCUT2D eigenvalue weighted by atomic mass is 32.2. The van der Waals surface area contributed by atoms with Gasteiger partial charge in [0.2, 0.25) is 0 Å². The van der Waals surface area contributed by atoms with Gasteiger partial charge in [0.05, 0.1) is 0 Å². The number of hydrogen-bond donors (Lipinski definition) is 3. The number of rotatable bonds is 4. The molecule has 1 amide bonds. The van der Waals surface area contributed by atoms with E-state index in [0.29, 0.717) is 28.2 Å². The third-order valence-corrected chi connectivity index (χ3v) is 6.40. The number of carbonyl (C=O) groups excluding carboxylic acids is 1. The topological polar surface area (TPSA) is 97.1 Å². The van der Waals surface area contributed by atoms with Gasteiger partial charge in [-0.25, -0.2) is 4.98 Å². The second kappa shape index (κ2) is 6.31. The molecular formula is C13H20N4O2S2. The fourth-order valence-corrected chi connectivity index (χ4v) is 4.64. The Hall–Kier alpha value is -1.15. The second-order valence-electron chi connectivity index (χ2n) is 5.60. The van der Waals surface area contributed by atoms with Gasteiger partial charge in [0, 0.05) is 34.4 Å². The molecule has 0 atom stereocenters. The van der Waals surface area contributed by atoms with Gasteiger partial charge < -0.3 is 16.4 Å². The Labute approximate surface area is 130 Å². The number of nitrogens with zero attached hydrogens (tertiary/aromatic N) is 1. The molecular weight excluding hydrogens is 308 g/mol. The Kier molecular flexibility index (Phi) is 4.44. The lowest BCUT2D eigenvalue weighted by molar-refractivity contribution is 0.0939. The monoisotopic (exact) mass is 328 g/mol. The van der Waals surface area contributed by atoms with Gasteiger partial charge in [0.1, 0.15) is 10.7 Å². The van der Waals surface area contributed by atoms with Crippen molar-refractivity contribution in [3.8, 4) is 0 Å². The molecule has 1 saturated heterocycles. The zero-order valence-corrected chi connectivity index (χ0v) is 13.4. The molecule has 1 aliphatic carbocycles. The number of nitrogens with two attached hydrogens (primary N) is 1. The fourth-order valence-electron chi connectivity index (χ4n) is 2.47. The van der Waals surface area contributed by atoms with Crippen molar-refractivity contribution in [1.29, 1.82) is 0 Å². The molecule has 3 rings (SSSR count). The first-order valence-corrected chi connectivity index (χ1v) is 9.61. The quantitative estimate of drug-likeness (QED) is 0.775. The maximum absolute atomic E-state index is 12.3. The van der Waals surface area contributed by atoms with Crippen LogP contribution in [0.25, 0.3) is 0 Å². The van der Waals surface area contributed by atoms with E-state index in [-0.39, 0.29) is 11.9 Å². The minimum Gasteiger partial charge on any atom is -0.382 e. The molecule has 1 aromatic rings. The van der Waals surface area contributed by atoms with Gasteiger partial charge in [-0.2, -0.15) is 0 Å². The molecule has 0 radical (unpaired) electrons. The molecule has 1 aromatic heterocycles. The van der Waals surface area contributed by atoms with Gasteiger partial charge in [-0.3, -0.25) is 9.00 Å². The molecule has 21 heavy (non-hydrogen) atoms. The van der Waals surface area contributed by atoms with Crippen molar-refractivity contribution in [3.05, 3.63) is 4.88 Å². The molecule has 0 bridgehead atoms. The molecule has 2 heterocycles. The van der Waals surface area contributed by atoms with Gasteiger partial charge in [-0.15, -0.1) is 0 Å². The van der Waals surface area contributed by atoms with E-state index < -0.39 is 10.8 Å². The molecule has 0 aromatic carbocycles. The summed E-state index contributed by atoms with van der Waals surface area (Å²) in [5.74, 6) is 1.46. The van der Waals surface area contributed by atoms with E-state index in [1.165, 1.54) is 17.8 Å². The lowest BCUT2D eigenvalue weighted by Gasteiger charge is -2.25. The molecule has 0 unspecified atom stereocenters. The standard InChI is InChI=1S/C13H20N4O2S2/c14-11-10(20-13(17-11)16-8-2-1-3-8)12(18)15-9-4-6-21(19)7-5-9/h8-9H,1-7,14H2,(H,15,18)(H,16,17). The molecule has 1 aliphatic heterocycles. The Morgan fingerprint density at radius 1 is 1.24 bits per heavy atom. The normalized spacial score (nSPS) is 26.1. The zero-order valence-electron chi connectivity index (χ0n) is 11.8. The first-order chi connectivity index (χ1) is 10.1. The molecule has 1 saturated carbocycles. The highest BCUT2D eigenvalue weighted by Crippen LogP contribution is 2.29. The SMILES string of the molecule is Nc1nc(NC2CCC2)sc1C(=O)NC1CCS(=O)CC1. The number of anilines is 2. The van der Waals surface area contributed by atoms with E-state index in [1.54, 1.807) is 0 Å². The van der Waals surface area contributed by atoms with Crippen molar-refractivity contribution in [1.82, 2.24) is 10.3 Å². The first kappa shape index (κ1) is 14.8. The van der Waals surface area contributed by atoms with Crippen molar-refractivity contribution >= 4 is 39.0 Å². The van der Waals surface area contributed by atoms with Gasteiger partial charge in [0.15, 0.2) is 5.13 Å². The highest BCUT2D eigenvalue weighted by molar-refractivity contribution is 7.85. The van der Waals surface area contributed by atoms with Crippen LogP contribution >= 0.6 is 11.3 Å². The summed E-state index contributed by atoms with van der Waals surface area (Å²) in [6.45, 7) is 0. The minimum atomic E-state index is -0.718. The number of carbonyl (C=O) groups is 1. The lowest BCUT2D eigenvalue weighted by Crippen LogP contribution is -2.39. The maximum atomic E-state index is 12.3. The van der Waals surface area contributed by atoms with E-state index in [4.69, 9.17) is 5.73 Å². The Bertz CT molecular complexity index is 546. The van der Waals surface area contributed by atoms with Crippen LogP contribution in [0.5, 0.6) is 0 Å². The highest BCUT2D eigenvalue weighted by Gasteiger charge is 2.24. The number of nitrogen functional groups attached to an aromatic ring is 1. The van der Waals surface area contributed by atoms with Crippen LogP contribution in [0, 0.1) is 0 Å². The first-order valence-electron chi connectivity index (χ1n) is 7.30. The Morgan fingerprint density at radius 3 is 2.57 bits per heavy atom. The van der Waals surface area contributed by atoms with Crippen molar-refractivity contribution in [3.63, 3.8) is 0 Å². The summed E-state index contributed by atoms with van der Waals surface area (Å²) < 4.78 is 11.3. The number of hydrogen-bond acceptors (Lipinski definition) is 6. The largest absolute Gasteiger partial charge is 0.382 e. The molecule has 6 nitrogen and oxygen atoms in total. The van der Waals surface area contributed by atoms with Gasteiger partial charge in [0.25, 0.3) is 5.91 Å². The minimum absolute atomic E-state index is 0.0970. The Morgan fingerprint density at radius 2 is 1.95 bits per heavy atom. The summed E-state index contributed by atoms with van der Waals surface area (Å²) in [6.07, 6.45) is 5.09. The summed E-state index contributed by atoms with van der Waals surface area (Å²) in [5.41, 5.74) is 5.85. The molecule has 2 aliphatic rings. The molecule has 0 spiro atoms. The van der Waals surface area contributed by atoms with Crippen LogP contribution in [0.15, 0.2) is 0 Å². The van der Waals surface area contributed by atoms with Crippen LogP contribution < -0.4 is 16.4 Å². The molecule has 8 heteroatoms. The maximum Gasteiger partial charge on any atom is 0.265 e. The van der Waals surface area contributed by atoms with Crippen LogP contribution in [0.1, 0.15) is 41.8 Å². The smallest absolute Gasteiger partial charge is 0.265 e. The van der Waals surface area contributed by atoms with E-state index in [2.05, 4.69) is 15.6 Å². The predicted molar refractivity (Wildman–Crippen MR) is 86.2 cm³/mol. The van der Waals surface area contributed by atoms with Crippen LogP contribution in [0.2, 0.25) is 0 Å². The zero-order chi connectivity index (χ0) is 14.8. The van der Waals surface area contributed by atoms with Crippen molar-refractivity contribution in [2.45, 2.75) is 44.2 Å². The van der Waals surface area contributed by atoms with E-state index in [9.17, 15) is 9.00 Å². The van der Waals surface area contributed by atoms with Gasteiger partial charge >= 0.3 is 0 Å². The molecule has 116 valence electrons. The van der Waals surface area contributed by atoms with Crippen LogP contribution in [0.4, 0.5) is 10.9 Å². The van der Waals surface area contributed by atoms with Gasteiger partial charge in [-0.1, -0.05) is 11.3 Å².